The third kappa shape index (κ3) is 2.02. The maximum absolute atomic E-state index is 9.87. The van der Waals surface area contributed by atoms with Gasteiger partial charge in [-0.2, -0.15) is 4.98 Å². The zero-order chi connectivity index (χ0) is 11.1. The Hall–Kier alpha value is -1.36. The van der Waals surface area contributed by atoms with Crippen molar-refractivity contribution in [1.29, 1.82) is 0 Å². The third-order valence-electron chi connectivity index (χ3n) is 2.71. The summed E-state index contributed by atoms with van der Waals surface area (Å²) in [4.78, 5) is 10.2. The van der Waals surface area contributed by atoms with Crippen LogP contribution in [0.1, 0.15) is 18.9 Å². The van der Waals surface area contributed by atoms with Gasteiger partial charge in [-0.1, -0.05) is 0 Å². The molecule has 1 aromatic heterocycles. The second kappa shape index (κ2) is 3.34. The largest absolute Gasteiger partial charge is 0.388 e. The van der Waals surface area contributed by atoms with E-state index < -0.39 is 5.60 Å². The number of nitrogen functional groups attached to an aromatic ring is 1. The van der Waals surface area contributed by atoms with Crippen LogP contribution in [0.5, 0.6) is 0 Å². The molecule has 3 N–H and O–H groups in total. The molecule has 1 aliphatic rings. The topological polar surface area (TPSA) is 75.3 Å². The molecule has 1 aromatic rings. The van der Waals surface area contributed by atoms with E-state index in [9.17, 15) is 5.11 Å². The number of aryl methyl sites for hydroxylation is 1. The predicted octanol–water partition coefficient (Wildman–Crippen LogP) is 0.328. The van der Waals surface area contributed by atoms with Gasteiger partial charge in [0.1, 0.15) is 5.82 Å². The van der Waals surface area contributed by atoms with E-state index in [0.717, 1.165) is 24.3 Å². The fraction of sp³-hybridized carbons (Fsp3) is 0.600. The lowest BCUT2D eigenvalue weighted by Crippen LogP contribution is -2.30. The van der Waals surface area contributed by atoms with E-state index in [0.29, 0.717) is 6.54 Å². The van der Waals surface area contributed by atoms with Crippen LogP contribution in [0.2, 0.25) is 0 Å². The molecular weight excluding hydrogens is 192 g/mol. The van der Waals surface area contributed by atoms with Gasteiger partial charge in [0.25, 0.3) is 0 Å². The van der Waals surface area contributed by atoms with Crippen LogP contribution >= 0.6 is 0 Å². The number of nitrogens with zero attached hydrogens (tertiary/aromatic N) is 3. The number of hydrogen-bond acceptors (Lipinski definition) is 5. The van der Waals surface area contributed by atoms with E-state index in [1.165, 1.54) is 0 Å². The number of rotatable bonds is 1. The van der Waals surface area contributed by atoms with Crippen LogP contribution in [0.3, 0.4) is 0 Å². The monoisotopic (exact) mass is 208 g/mol. The van der Waals surface area contributed by atoms with Crippen molar-refractivity contribution in [2.45, 2.75) is 25.9 Å². The minimum Gasteiger partial charge on any atom is -0.388 e. The summed E-state index contributed by atoms with van der Waals surface area (Å²) in [5.74, 6) is 1.11. The quantitative estimate of drug-likeness (QED) is 0.695. The van der Waals surface area contributed by atoms with E-state index in [1.807, 2.05) is 18.7 Å². The summed E-state index contributed by atoms with van der Waals surface area (Å²) in [5, 5.41) is 9.87. The summed E-state index contributed by atoms with van der Waals surface area (Å²) in [5.41, 5.74) is 5.92. The highest BCUT2D eigenvalue weighted by molar-refractivity contribution is 5.49. The maximum atomic E-state index is 9.87. The minimum absolute atomic E-state index is 0.280. The smallest absolute Gasteiger partial charge is 0.221 e. The van der Waals surface area contributed by atoms with Gasteiger partial charge < -0.3 is 15.7 Å². The van der Waals surface area contributed by atoms with E-state index in [2.05, 4.69) is 9.97 Å². The van der Waals surface area contributed by atoms with Crippen molar-refractivity contribution >= 4 is 11.8 Å². The SMILES string of the molecule is Cc1cnc(N)nc1N1CCC(C)(O)C1. The van der Waals surface area contributed by atoms with Gasteiger partial charge in [0.15, 0.2) is 0 Å². The van der Waals surface area contributed by atoms with Crippen molar-refractivity contribution in [2.75, 3.05) is 23.7 Å². The Labute approximate surface area is 88.9 Å². The second-order valence-corrected chi connectivity index (χ2v) is 4.40. The lowest BCUT2D eigenvalue weighted by Gasteiger charge is -2.21. The highest BCUT2D eigenvalue weighted by Crippen LogP contribution is 2.27. The molecule has 1 fully saturated rings. The summed E-state index contributed by atoms with van der Waals surface area (Å²) in [6, 6.07) is 0. The molecule has 5 heteroatoms. The summed E-state index contributed by atoms with van der Waals surface area (Å²) in [6.45, 7) is 5.20. The molecule has 0 aromatic carbocycles. The normalized spacial score (nSPS) is 25.9. The van der Waals surface area contributed by atoms with Gasteiger partial charge in [0, 0.05) is 24.8 Å². The zero-order valence-electron chi connectivity index (χ0n) is 9.06. The molecule has 0 spiro atoms. The summed E-state index contributed by atoms with van der Waals surface area (Å²) < 4.78 is 0. The van der Waals surface area contributed by atoms with Gasteiger partial charge in [-0.15, -0.1) is 0 Å². The molecule has 1 aliphatic heterocycles. The molecule has 82 valence electrons. The van der Waals surface area contributed by atoms with Gasteiger partial charge in [0.05, 0.1) is 5.60 Å². The molecule has 15 heavy (non-hydrogen) atoms. The predicted molar refractivity (Wildman–Crippen MR) is 58.6 cm³/mol. The Kier molecular flexibility index (Phi) is 2.26. The maximum Gasteiger partial charge on any atom is 0.221 e. The van der Waals surface area contributed by atoms with Crippen molar-refractivity contribution in [1.82, 2.24) is 9.97 Å². The van der Waals surface area contributed by atoms with Gasteiger partial charge in [0.2, 0.25) is 5.95 Å². The van der Waals surface area contributed by atoms with E-state index in [4.69, 9.17) is 5.73 Å². The molecule has 5 nitrogen and oxygen atoms in total. The van der Waals surface area contributed by atoms with Crippen LogP contribution in [0, 0.1) is 6.92 Å². The van der Waals surface area contributed by atoms with Crippen molar-refractivity contribution in [2.24, 2.45) is 0 Å². The number of aliphatic hydroxyl groups is 1. The lowest BCUT2D eigenvalue weighted by molar-refractivity contribution is 0.0839. The highest BCUT2D eigenvalue weighted by atomic mass is 16.3. The van der Waals surface area contributed by atoms with E-state index >= 15 is 0 Å². The van der Waals surface area contributed by atoms with Gasteiger partial charge >= 0.3 is 0 Å². The molecule has 1 saturated heterocycles. The van der Waals surface area contributed by atoms with Crippen LogP contribution in [-0.2, 0) is 0 Å². The molecule has 1 unspecified atom stereocenters. The molecule has 2 rings (SSSR count). The van der Waals surface area contributed by atoms with Crippen LogP contribution in [0.25, 0.3) is 0 Å². The third-order valence-corrected chi connectivity index (χ3v) is 2.71. The van der Waals surface area contributed by atoms with Gasteiger partial charge in [-0.3, -0.25) is 0 Å². The number of aromatic nitrogens is 2. The first-order valence-electron chi connectivity index (χ1n) is 5.04. The summed E-state index contributed by atoms with van der Waals surface area (Å²) in [6.07, 6.45) is 2.47. The van der Waals surface area contributed by atoms with Crippen molar-refractivity contribution in [3.05, 3.63) is 11.8 Å². The molecule has 1 atom stereocenters. The molecule has 0 bridgehead atoms. The number of β-amino-alcohol motifs (C(OH)–C–C–N with tert-alkyl or cyclic N) is 1. The Morgan fingerprint density at radius 1 is 1.60 bits per heavy atom. The lowest BCUT2D eigenvalue weighted by atomic mass is 10.1. The fourth-order valence-electron chi connectivity index (χ4n) is 1.89. The highest BCUT2D eigenvalue weighted by Gasteiger charge is 2.32. The Morgan fingerprint density at radius 3 is 2.93 bits per heavy atom. The Bertz CT molecular complexity index is 378. The van der Waals surface area contributed by atoms with E-state index in [1.54, 1.807) is 6.20 Å². The Morgan fingerprint density at radius 2 is 2.33 bits per heavy atom. The molecule has 2 heterocycles. The number of hydrogen-bond donors (Lipinski definition) is 2. The summed E-state index contributed by atoms with van der Waals surface area (Å²) in [7, 11) is 0. The van der Waals surface area contributed by atoms with E-state index in [-0.39, 0.29) is 5.95 Å². The summed E-state index contributed by atoms with van der Waals surface area (Å²) >= 11 is 0. The molecule has 0 radical (unpaired) electrons. The van der Waals surface area contributed by atoms with Crippen molar-refractivity contribution in [3.8, 4) is 0 Å². The Balaban J connectivity index is 2.27. The van der Waals surface area contributed by atoms with Crippen molar-refractivity contribution in [3.63, 3.8) is 0 Å². The van der Waals surface area contributed by atoms with Crippen LogP contribution in [0.15, 0.2) is 6.20 Å². The zero-order valence-corrected chi connectivity index (χ0v) is 9.06. The van der Waals surface area contributed by atoms with Crippen LogP contribution in [-0.4, -0.2) is 33.8 Å². The average Bonchev–Trinajstić information content (AvgIpc) is 2.50. The number of anilines is 2. The number of nitrogens with two attached hydrogens (primary N) is 1. The minimum atomic E-state index is -0.619. The van der Waals surface area contributed by atoms with Crippen LogP contribution < -0.4 is 10.6 Å². The van der Waals surface area contributed by atoms with Gasteiger partial charge in [-0.05, 0) is 20.3 Å². The molecule has 0 amide bonds. The average molecular weight is 208 g/mol. The molecule has 0 saturated carbocycles. The fourth-order valence-corrected chi connectivity index (χ4v) is 1.89. The molecule has 0 aliphatic carbocycles. The first kappa shape index (κ1) is 10.2. The van der Waals surface area contributed by atoms with Crippen molar-refractivity contribution < 1.29 is 5.11 Å². The molecular formula is C10H16N4O. The first-order chi connectivity index (χ1) is 6.98. The first-order valence-corrected chi connectivity index (χ1v) is 5.04. The van der Waals surface area contributed by atoms with Gasteiger partial charge in [-0.25, -0.2) is 4.98 Å². The van der Waals surface area contributed by atoms with Crippen LogP contribution in [0.4, 0.5) is 11.8 Å². The second-order valence-electron chi connectivity index (χ2n) is 4.40. The standard InChI is InChI=1S/C10H16N4O/c1-7-5-12-9(11)13-8(7)14-4-3-10(2,15)6-14/h5,15H,3-4,6H2,1-2H3,(H2,11,12,13).